The molecule has 28 heavy (non-hydrogen) atoms. The molecule has 3 rings (SSSR count). The Bertz CT molecular complexity index is 1020. The summed E-state index contributed by atoms with van der Waals surface area (Å²) in [5, 5.41) is 5.98. The summed E-state index contributed by atoms with van der Waals surface area (Å²) in [4.78, 5) is 12.7. The van der Waals surface area contributed by atoms with Gasteiger partial charge in [-0.3, -0.25) is 9.52 Å². The van der Waals surface area contributed by atoms with E-state index in [9.17, 15) is 17.6 Å². The second kappa shape index (κ2) is 7.71. The van der Waals surface area contributed by atoms with Crippen molar-refractivity contribution in [1.29, 1.82) is 0 Å². The van der Waals surface area contributed by atoms with Crippen LogP contribution in [0.1, 0.15) is 37.4 Å². The second-order valence-corrected chi connectivity index (χ2v) is 8.86. The maximum atomic E-state index is 13.3. The van der Waals surface area contributed by atoms with E-state index in [4.69, 9.17) is 0 Å². The van der Waals surface area contributed by atoms with Crippen LogP contribution in [-0.4, -0.2) is 31.3 Å². The smallest absolute Gasteiger partial charge is 0.245 e. The van der Waals surface area contributed by atoms with Crippen LogP contribution in [0.2, 0.25) is 0 Å². The number of carbonyl (C=O) groups is 1. The lowest BCUT2D eigenvalue weighted by Gasteiger charge is -2.23. The summed E-state index contributed by atoms with van der Waals surface area (Å²) in [5.74, 6) is -0.719. The minimum Gasteiger partial charge on any atom is -0.284 e. The van der Waals surface area contributed by atoms with Crippen molar-refractivity contribution in [3.63, 3.8) is 0 Å². The fourth-order valence-corrected chi connectivity index (χ4v) is 3.63. The Hall–Kier alpha value is -2.74. The van der Waals surface area contributed by atoms with Gasteiger partial charge in [-0.2, -0.15) is 5.10 Å². The van der Waals surface area contributed by atoms with Gasteiger partial charge in [0.1, 0.15) is 5.82 Å². The zero-order valence-corrected chi connectivity index (χ0v) is 16.7. The van der Waals surface area contributed by atoms with Gasteiger partial charge in [0.2, 0.25) is 15.9 Å². The number of hydrogen-bond donors (Lipinski definition) is 1. The van der Waals surface area contributed by atoms with E-state index in [2.05, 4.69) is 9.82 Å². The van der Waals surface area contributed by atoms with Gasteiger partial charge < -0.3 is 0 Å². The van der Waals surface area contributed by atoms with E-state index in [0.717, 1.165) is 17.4 Å². The highest BCUT2D eigenvalue weighted by Gasteiger charge is 2.34. The zero-order chi connectivity index (χ0) is 20.5. The molecule has 1 aliphatic heterocycles. The van der Waals surface area contributed by atoms with E-state index < -0.39 is 10.0 Å². The first-order valence-electron chi connectivity index (χ1n) is 8.88. The lowest BCUT2D eigenvalue weighted by molar-refractivity contribution is -0.136. The van der Waals surface area contributed by atoms with E-state index in [0.29, 0.717) is 17.8 Å². The van der Waals surface area contributed by atoms with E-state index in [1.165, 1.54) is 17.1 Å². The number of sulfonamides is 1. The monoisotopic (exact) mass is 403 g/mol. The third-order valence-corrected chi connectivity index (χ3v) is 4.99. The molecule has 8 heteroatoms. The first-order chi connectivity index (χ1) is 13.1. The summed E-state index contributed by atoms with van der Waals surface area (Å²) in [6.07, 6.45) is 1.53. The zero-order valence-electron chi connectivity index (χ0n) is 15.9. The van der Waals surface area contributed by atoms with Crippen LogP contribution in [0.15, 0.2) is 53.6 Å². The Morgan fingerprint density at radius 1 is 1.21 bits per heavy atom. The van der Waals surface area contributed by atoms with Crippen LogP contribution in [-0.2, 0) is 14.8 Å². The van der Waals surface area contributed by atoms with Crippen molar-refractivity contribution in [2.75, 3.05) is 11.0 Å². The fourth-order valence-electron chi connectivity index (χ4n) is 3.07. The molecule has 0 bridgehead atoms. The molecule has 1 N–H and O–H groups in total. The highest BCUT2D eigenvalue weighted by molar-refractivity contribution is 7.92. The van der Waals surface area contributed by atoms with E-state index in [-0.39, 0.29) is 23.7 Å². The van der Waals surface area contributed by atoms with Crippen LogP contribution >= 0.6 is 0 Å². The van der Waals surface area contributed by atoms with Gasteiger partial charge in [-0.05, 0) is 35.4 Å². The van der Waals surface area contributed by atoms with Crippen LogP contribution in [0.4, 0.5) is 10.1 Å². The van der Waals surface area contributed by atoms with Crippen molar-refractivity contribution in [2.24, 2.45) is 11.0 Å². The average Bonchev–Trinajstić information content (AvgIpc) is 3.05. The van der Waals surface area contributed by atoms with Gasteiger partial charge in [-0.15, -0.1) is 0 Å². The minimum atomic E-state index is -3.40. The number of nitrogens with one attached hydrogen (secondary N) is 1. The van der Waals surface area contributed by atoms with Crippen molar-refractivity contribution in [3.8, 4) is 0 Å². The van der Waals surface area contributed by atoms with Crippen molar-refractivity contribution in [1.82, 2.24) is 5.01 Å². The van der Waals surface area contributed by atoms with Crippen molar-refractivity contribution >= 4 is 27.3 Å². The Kier molecular flexibility index (Phi) is 5.51. The Labute approximate surface area is 164 Å². The lowest BCUT2D eigenvalue weighted by atomic mass is 9.97. The van der Waals surface area contributed by atoms with E-state index in [1.54, 1.807) is 44.2 Å². The number of halogens is 1. The first-order valence-corrected chi connectivity index (χ1v) is 10.8. The molecule has 148 valence electrons. The average molecular weight is 403 g/mol. The lowest BCUT2D eigenvalue weighted by Crippen LogP contribution is -2.30. The largest absolute Gasteiger partial charge is 0.284 e. The summed E-state index contributed by atoms with van der Waals surface area (Å²) in [5.41, 5.74) is 2.61. The molecule has 2 aromatic rings. The molecule has 0 saturated carbocycles. The van der Waals surface area contributed by atoms with Crippen molar-refractivity contribution in [2.45, 2.75) is 26.3 Å². The molecular weight excluding hydrogens is 381 g/mol. The third-order valence-electron chi connectivity index (χ3n) is 4.38. The molecule has 0 aliphatic carbocycles. The normalized spacial score (nSPS) is 17.0. The van der Waals surface area contributed by atoms with Crippen molar-refractivity contribution < 1.29 is 17.6 Å². The maximum absolute atomic E-state index is 13.3. The highest BCUT2D eigenvalue weighted by atomic mass is 32.2. The summed E-state index contributed by atoms with van der Waals surface area (Å²) in [6, 6.07) is 12.6. The van der Waals surface area contributed by atoms with Gasteiger partial charge in [-0.1, -0.05) is 38.1 Å². The third kappa shape index (κ3) is 4.56. The van der Waals surface area contributed by atoms with Crippen molar-refractivity contribution in [3.05, 3.63) is 65.5 Å². The molecule has 0 radical (unpaired) electrons. The molecule has 1 atom stereocenters. The van der Waals surface area contributed by atoms with E-state index >= 15 is 0 Å². The number of nitrogens with zero attached hydrogens (tertiary/aromatic N) is 2. The molecule has 2 aromatic carbocycles. The molecule has 1 aliphatic rings. The molecule has 6 nitrogen and oxygen atoms in total. The Morgan fingerprint density at radius 3 is 2.50 bits per heavy atom. The second-order valence-electron chi connectivity index (χ2n) is 7.11. The van der Waals surface area contributed by atoms with Crippen LogP contribution in [0.5, 0.6) is 0 Å². The first kappa shape index (κ1) is 20.0. The van der Waals surface area contributed by atoms with Gasteiger partial charge in [0.25, 0.3) is 0 Å². The summed E-state index contributed by atoms with van der Waals surface area (Å²) in [6.45, 7) is 3.60. The van der Waals surface area contributed by atoms with Gasteiger partial charge in [0, 0.05) is 18.0 Å². The van der Waals surface area contributed by atoms with Crippen LogP contribution in [0, 0.1) is 11.7 Å². The number of rotatable bonds is 5. The van der Waals surface area contributed by atoms with Gasteiger partial charge in [0.15, 0.2) is 0 Å². The standard InChI is InChI=1S/C20H22FN3O3S/c1-13(2)20(25)24-19(14-7-9-16(21)10-8-14)12-18(22-24)15-5-4-6-17(11-15)23-28(3,26)27/h4-11,13,19,23H,12H2,1-3H3. The molecule has 0 fully saturated rings. The maximum Gasteiger partial charge on any atom is 0.245 e. The van der Waals surface area contributed by atoms with E-state index in [1.807, 2.05) is 6.07 Å². The number of hydrogen-bond acceptors (Lipinski definition) is 4. The molecule has 1 amide bonds. The van der Waals surface area contributed by atoms with Crippen LogP contribution in [0.3, 0.4) is 0 Å². The predicted octanol–water partition coefficient (Wildman–Crippen LogP) is 3.53. The van der Waals surface area contributed by atoms with Gasteiger partial charge >= 0.3 is 0 Å². The molecule has 1 unspecified atom stereocenters. The Morgan fingerprint density at radius 2 is 1.89 bits per heavy atom. The summed E-state index contributed by atoms with van der Waals surface area (Å²) >= 11 is 0. The summed E-state index contributed by atoms with van der Waals surface area (Å²) < 4.78 is 38.7. The summed E-state index contributed by atoms with van der Waals surface area (Å²) in [7, 11) is -3.40. The number of amides is 1. The highest BCUT2D eigenvalue weighted by Crippen LogP contribution is 2.34. The molecular formula is C20H22FN3O3S. The number of benzene rings is 2. The molecule has 0 saturated heterocycles. The topological polar surface area (TPSA) is 78.8 Å². The molecule has 0 spiro atoms. The van der Waals surface area contributed by atoms with Crippen LogP contribution < -0.4 is 4.72 Å². The van der Waals surface area contributed by atoms with Gasteiger partial charge in [-0.25, -0.2) is 17.8 Å². The Balaban J connectivity index is 1.96. The fraction of sp³-hybridized carbons (Fsp3) is 0.300. The number of anilines is 1. The SMILES string of the molecule is CC(C)C(=O)N1N=C(c2cccc(NS(C)(=O)=O)c2)CC1c1ccc(F)cc1. The number of hydrazone groups is 1. The predicted molar refractivity (Wildman–Crippen MR) is 107 cm³/mol. The number of carbonyl (C=O) groups excluding carboxylic acids is 1. The minimum absolute atomic E-state index is 0.130. The molecule has 1 heterocycles. The molecule has 0 aromatic heterocycles. The van der Waals surface area contributed by atoms with Gasteiger partial charge in [0.05, 0.1) is 18.0 Å². The van der Waals surface area contributed by atoms with Crippen LogP contribution in [0.25, 0.3) is 0 Å². The quantitative estimate of drug-likeness (QED) is 0.829.